The van der Waals surface area contributed by atoms with Crippen LogP contribution in [0, 0.1) is 0 Å². The van der Waals surface area contributed by atoms with E-state index in [-0.39, 0.29) is 5.91 Å². The number of hydrogen-bond donors (Lipinski definition) is 0. The van der Waals surface area contributed by atoms with E-state index < -0.39 is 0 Å². The molecule has 0 aliphatic heterocycles. The Morgan fingerprint density at radius 2 is 1.65 bits per heavy atom. The van der Waals surface area contributed by atoms with Crippen LogP contribution in [0.4, 0.5) is 0 Å². The Labute approximate surface area is 136 Å². The van der Waals surface area contributed by atoms with E-state index in [0.717, 1.165) is 11.3 Å². The second-order valence-electron chi connectivity index (χ2n) is 5.04. The molecule has 0 heterocycles. The van der Waals surface area contributed by atoms with Crippen molar-refractivity contribution in [3.63, 3.8) is 0 Å². The second-order valence-corrected chi connectivity index (χ2v) is 5.04. The number of hydrogen-bond acceptors (Lipinski definition) is 4. The Morgan fingerprint density at radius 3 is 2.22 bits per heavy atom. The molecule has 0 saturated carbocycles. The summed E-state index contributed by atoms with van der Waals surface area (Å²) in [5.74, 6) is 1.94. The van der Waals surface area contributed by atoms with Gasteiger partial charge in [-0.3, -0.25) is 4.79 Å². The van der Waals surface area contributed by atoms with Crippen LogP contribution in [-0.2, 0) is 6.54 Å². The first kappa shape index (κ1) is 16.7. The molecule has 2 rings (SSSR count). The molecule has 0 radical (unpaired) electrons. The molecule has 2 aromatic rings. The maximum absolute atomic E-state index is 12.5. The first-order chi connectivity index (χ1) is 11.1. The third-order valence-corrected chi connectivity index (χ3v) is 3.58. The summed E-state index contributed by atoms with van der Waals surface area (Å²) >= 11 is 0. The van der Waals surface area contributed by atoms with Gasteiger partial charge in [-0.1, -0.05) is 12.1 Å². The molecule has 5 nitrogen and oxygen atoms in total. The van der Waals surface area contributed by atoms with Gasteiger partial charge in [-0.25, -0.2) is 0 Å². The van der Waals surface area contributed by atoms with Gasteiger partial charge in [0, 0.05) is 24.7 Å². The highest BCUT2D eigenvalue weighted by Gasteiger charge is 2.16. The minimum atomic E-state index is -0.0717. The predicted molar refractivity (Wildman–Crippen MR) is 88.3 cm³/mol. The molecule has 0 atom stereocenters. The molecular formula is C18H21NO4. The van der Waals surface area contributed by atoms with Crippen LogP contribution >= 0.6 is 0 Å². The Hall–Kier alpha value is -2.69. The Kier molecular flexibility index (Phi) is 5.46. The Morgan fingerprint density at radius 1 is 0.957 bits per heavy atom. The van der Waals surface area contributed by atoms with Gasteiger partial charge >= 0.3 is 0 Å². The van der Waals surface area contributed by atoms with Crippen molar-refractivity contribution in [3.05, 3.63) is 53.6 Å². The average molecular weight is 315 g/mol. The lowest BCUT2D eigenvalue weighted by Crippen LogP contribution is -2.26. The first-order valence-corrected chi connectivity index (χ1v) is 7.20. The minimum Gasteiger partial charge on any atom is -0.497 e. The number of carbonyl (C=O) groups is 1. The van der Waals surface area contributed by atoms with Crippen molar-refractivity contribution >= 4 is 5.91 Å². The van der Waals surface area contributed by atoms with Gasteiger partial charge in [0.1, 0.15) is 5.75 Å². The van der Waals surface area contributed by atoms with Gasteiger partial charge in [-0.15, -0.1) is 0 Å². The van der Waals surface area contributed by atoms with Crippen LogP contribution in [0.25, 0.3) is 0 Å². The summed E-state index contributed by atoms with van der Waals surface area (Å²) in [6.07, 6.45) is 0. The van der Waals surface area contributed by atoms with Crippen molar-refractivity contribution in [2.75, 3.05) is 28.4 Å². The topological polar surface area (TPSA) is 48.0 Å². The fourth-order valence-corrected chi connectivity index (χ4v) is 2.36. The van der Waals surface area contributed by atoms with Crippen molar-refractivity contribution in [3.8, 4) is 17.2 Å². The molecule has 5 heteroatoms. The highest BCUT2D eigenvalue weighted by Crippen LogP contribution is 2.31. The van der Waals surface area contributed by atoms with Crippen LogP contribution in [0.15, 0.2) is 42.5 Å². The van der Waals surface area contributed by atoms with Crippen LogP contribution < -0.4 is 14.2 Å². The van der Waals surface area contributed by atoms with E-state index >= 15 is 0 Å². The molecule has 0 unspecified atom stereocenters. The lowest BCUT2D eigenvalue weighted by molar-refractivity contribution is 0.0784. The van der Waals surface area contributed by atoms with Gasteiger partial charge in [0.2, 0.25) is 0 Å². The summed E-state index contributed by atoms with van der Waals surface area (Å²) in [4.78, 5) is 14.2. The fraction of sp³-hybridized carbons (Fsp3) is 0.278. The SMILES string of the molecule is COc1ccc(C(=O)N(C)Cc2cccc(OC)c2OC)cc1. The molecule has 0 saturated heterocycles. The quantitative estimate of drug-likeness (QED) is 0.822. The summed E-state index contributed by atoms with van der Waals surface area (Å²) in [6, 6.07) is 12.7. The molecule has 0 aliphatic rings. The van der Waals surface area contributed by atoms with E-state index in [9.17, 15) is 4.79 Å². The fourth-order valence-electron chi connectivity index (χ4n) is 2.36. The monoisotopic (exact) mass is 315 g/mol. The van der Waals surface area contributed by atoms with Crippen LogP contribution in [0.1, 0.15) is 15.9 Å². The molecule has 0 bridgehead atoms. The number of para-hydroxylation sites is 1. The van der Waals surface area contributed by atoms with Gasteiger partial charge in [0.15, 0.2) is 11.5 Å². The predicted octanol–water partition coefficient (Wildman–Crippen LogP) is 2.98. The molecule has 122 valence electrons. The van der Waals surface area contributed by atoms with Crippen LogP contribution in [0.2, 0.25) is 0 Å². The van der Waals surface area contributed by atoms with E-state index in [0.29, 0.717) is 23.6 Å². The van der Waals surface area contributed by atoms with E-state index in [2.05, 4.69) is 0 Å². The molecule has 0 aromatic heterocycles. The van der Waals surface area contributed by atoms with Crippen LogP contribution in [0.3, 0.4) is 0 Å². The van der Waals surface area contributed by atoms with E-state index in [4.69, 9.17) is 14.2 Å². The van der Waals surface area contributed by atoms with Crippen molar-refractivity contribution in [1.82, 2.24) is 4.90 Å². The van der Waals surface area contributed by atoms with Crippen molar-refractivity contribution in [1.29, 1.82) is 0 Å². The maximum Gasteiger partial charge on any atom is 0.253 e. The van der Waals surface area contributed by atoms with E-state index in [1.807, 2.05) is 18.2 Å². The number of carbonyl (C=O) groups excluding carboxylic acids is 1. The van der Waals surface area contributed by atoms with Gasteiger partial charge in [-0.05, 0) is 30.3 Å². The van der Waals surface area contributed by atoms with Gasteiger partial charge in [0.05, 0.1) is 21.3 Å². The summed E-state index contributed by atoms with van der Waals surface area (Å²) in [6.45, 7) is 0.422. The molecule has 0 spiro atoms. The van der Waals surface area contributed by atoms with Crippen molar-refractivity contribution in [2.24, 2.45) is 0 Å². The van der Waals surface area contributed by atoms with Crippen molar-refractivity contribution < 1.29 is 19.0 Å². The summed E-state index contributed by atoms with van der Waals surface area (Å²) in [5.41, 5.74) is 1.49. The number of benzene rings is 2. The number of rotatable bonds is 6. The third kappa shape index (κ3) is 3.74. The van der Waals surface area contributed by atoms with Gasteiger partial charge < -0.3 is 19.1 Å². The second kappa shape index (κ2) is 7.54. The van der Waals surface area contributed by atoms with Crippen LogP contribution in [-0.4, -0.2) is 39.2 Å². The molecule has 23 heavy (non-hydrogen) atoms. The summed E-state index contributed by atoms with van der Waals surface area (Å²) < 4.78 is 15.8. The van der Waals surface area contributed by atoms with E-state index in [1.165, 1.54) is 0 Å². The standard InChI is InChI=1S/C18H21NO4/c1-19(18(20)13-8-10-15(21-2)11-9-13)12-14-6-5-7-16(22-3)17(14)23-4/h5-11H,12H2,1-4H3. The zero-order chi connectivity index (χ0) is 16.8. The molecule has 0 aliphatic carbocycles. The third-order valence-electron chi connectivity index (χ3n) is 3.58. The average Bonchev–Trinajstić information content (AvgIpc) is 2.60. The normalized spacial score (nSPS) is 10.1. The lowest BCUT2D eigenvalue weighted by atomic mass is 10.1. The van der Waals surface area contributed by atoms with Gasteiger partial charge in [0.25, 0.3) is 5.91 Å². The summed E-state index contributed by atoms with van der Waals surface area (Å²) in [5, 5.41) is 0. The smallest absolute Gasteiger partial charge is 0.253 e. The number of methoxy groups -OCH3 is 3. The summed E-state index contributed by atoms with van der Waals surface area (Å²) in [7, 11) is 6.53. The molecule has 1 amide bonds. The minimum absolute atomic E-state index is 0.0717. The number of ether oxygens (including phenoxy) is 3. The van der Waals surface area contributed by atoms with Crippen LogP contribution in [0.5, 0.6) is 17.2 Å². The number of nitrogens with zero attached hydrogens (tertiary/aromatic N) is 1. The number of amides is 1. The zero-order valence-corrected chi connectivity index (χ0v) is 13.8. The van der Waals surface area contributed by atoms with Crippen molar-refractivity contribution in [2.45, 2.75) is 6.54 Å². The maximum atomic E-state index is 12.5. The zero-order valence-electron chi connectivity index (χ0n) is 13.8. The van der Waals surface area contributed by atoms with Gasteiger partial charge in [-0.2, -0.15) is 0 Å². The molecule has 0 N–H and O–H groups in total. The molecular weight excluding hydrogens is 294 g/mol. The first-order valence-electron chi connectivity index (χ1n) is 7.20. The molecule has 2 aromatic carbocycles. The largest absolute Gasteiger partial charge is 0.497 e. The lowest BCUT2D eigenvalue weighted by Gasteiger charge is -2.20. The van der Waals surface area contributed by atoms with E-state index in [1.54, 1.807) is 57.5 Å². The highest BCUT2D eigenvalue weighted by molar-refractivity contribution is 5.94. The Balaban J connectivity index is 2.17. The Bertz CT molecular complexity index is 667. The molecule has 0 fully saturated rings. The highest BCUT2D eigenvalue weighted by atomic mass is 16.5.